The number of carbonyl (C=O) groups is 1. The van der Waals surface area contributed by atoms with Crippen molar-refractivity contribution in [3.05, 3.63) is 87.7 Å². The number of aromatic carboxylic acids is 1. The number of carboxylic acids is 1. The van der Waals surface area contributed by atoms with Crippen LogP contribution in [0.5, 0.6) is 5.88 Å². The molecule has 0 fully saturated rings. The lowest BCUT2D eigenvalue weighted by Gasteiger charge is -2.10. The highest BCUT2D eigenvalue weighted by atomic mass is 35.5. The van der Waals surface area contributed by atoms with E-state index in [2.05, 4.69) is 14.9 Å². The zero-order valence-corrected chi connectivity index (χ0v) is 20.4. The highest BCUT2D eigenvalue weighted by Gasteiger charge is 2.20. The lowest BCUT2D eigenvalue weighted by Crippen LogP contribution is -2.13. The monoisotopic (exact) mass is 533 g/mol. The maximum Gasteiger partial charge on any atom is 0.335 e. The van der Waals surface area contributed by atoms with Gasteiger partial charge in [-0.15, -0.1) is 0 Å². The van der Waals surface area contributed by atoms with Gasteiger partial charge >= 0.3 is 5.97 Å². The third kappa shape index (κ3) is 5.40. The van der Waals surface area contributed by atoms with Crippen LogP contribution in [-0.4, -0.2) is 29.6 Å². The first-order valence-electron chi connectivity index (χ1n) is 10.0. The van der Waals surface area contributed by atoms with Gasteiger partial charge in [-0.1, -0.05) is 34.4 Å². The van der Waals surface area contributed by atoms with E-state index in [0.717, 1.165) is 0 Å². The SMILES string of the molecule is Cc1onc(-c2c(Cl)cccc2Cl)c1COc1ccc(NS(=O)(=O)c2ccc(C(=O)O)cc2)cn1. The van der Waals surface area contributed by atoms with Crippen LogP contribution in [0.2, 0.25) is 10.0 Å². The van der Waals surface area contributed by atoms with E-state index >= 15 is 0 Å². The second kappa shape index (κ2) is 9.95. The predicted molar refractivity (Wildman–Crippen MR) is 129 cm³/mol. The van der Waals surface area contributed by atoms with Crippen molar-refractivity contribution in [3.8, 4) is 17.1 Å². The summed E-state index contributed by atoms with van der Waals surface area (Å²) in [5, 5.41) is 13.8. The van der Waals surface area contributed by atoms with Gasteiger partial charge < -0.3 is 14.4 Å². The summed E-state index contributed by atoms with van der Waals surface area (Å²) >= 11 is 12.6. The second-order valence-corrected chi connectivity index (χ2v) is 9.77. The first kappa shape index (κ1) is 24.5. The Bertz CT molecular complexity index is 1470. The van der Waals surface area contributed by atoms with Crippen LogP contribution in [0.1, 0.15) is 21.7 Å². The predicted octanol–water partition coefficient (Wildman–Crippen LogP) is 5.43. The molecule has 0 radical (unpaired) electrons. The highest BCUT2D eigenvalue weighted by molar-refractivity contribution is 7.92. The molecular weight excluding hydrogens is 517 g/mol. The molecule has 2 aromatic heterocycles. The second-order valence-electron chi connectivity index (χ2n) is 7.27. The number of ether oxygens (including phenoxy) is 1. The highest BCUT2D eigenvalue weighted by Crippen LogP contribution is 2.37. The number of carboxylic acid groups (broad SMARTS) is 1. The Kier molecular flexibility index (Phi) is 6.97. The van der Waals surface area contributed by atoms with Gasteiger partial charge in [0.25, 0.3) is 10.0 Å². The number of benzene rings is 2. The maximum absolute atomic E-state index is 12.6. The van der Waals surface area contributed by atoms with E-state index in [4.69, 9.17) is 37.6 Å². The number of hydrogen-bond donors (Lipinski definition) is 2. The molecule has 0 aliphatic rings. The number of aromatic nitrogens is 2. The molecule has 0 saturated carbocycles. The van der Waals surface area contributed by atoms with Crippen LogP contribution in [-0.2, 0) is 16.6 Å². The number of halogens is 2. The smallest absolute Gasteiger partial charge is 0.335 e. The van der Waals surface area contributed by atoms with E-state index in [1.54, 1.807) is 25.1 Å². The Balaban J connectivity index is 1.46. The lowest BCUT2D eigenvalue weighted by atomic mass is 10.1. The molecule has 9 nitrogen and oxygen atoms in total. The van der Waals surface area contributed by atoms with E-state index in [-0.39, 0.29) is 28.6 Å². The van der Waals surface area contributed by atoms with Crippen molar-refractivity contribution in [2.24, 2.45) is 0 Å². The fourth-order valence-electron chi connectivity index (χ4n) is 3.14. The first-order chi connectivity index (χ1) is 16.7. The molecule has 2 aromatic carbocycles. The molecule has 0 aliphatic heterocycles. The van der Waals surface area contributed by atoms with Crippen LogP contribution in [0.3, 0.4) is 0 Å². The van der Waals surface area contributed by atoms with E-state index in [9.17, 15) is 13.2 Å². The number of nitrogens with one attached hydrogen (secondary N) is 1. The van der Waals surface area contributed by atoms with Crippen LogP contribution in [0.25, 0.3) is 11.3 Å². The maximum atomic E-state index is 12.6. The molecule has 0 atom stereocenters. The lowest BCUT2D eigenvalue weighted by molar-refractivity contribution is 0.0696. The quantitative estimate of drug-likeness (QED) is 0.306. The summed E-state index contributed by atoms with van der Waals surface area (Å²) in [5.41, 5.74) is 1.80. The Labute approximate surface area is 210 Å². The van der Waals surface area contributed by atoms with Crippen molar-refractivity contribution in [1.82, 2.24) is 10.1 Å². The summed E-state index contributed by atoms with van der Waals surface area (Å²) in [4.78, 5) is 15.0. The molecule has 0 unspecified atom stereocenters. The zero-order chi connectivity index (χ0) is 25.2. The fraction of sp³-hybridized carbons (Fsp3) is 0.0870. The molecule has 2 heterocycles. The van der Waals surface area contributed by atoms with Gasteiger partial charge in [-0.05, 0) is 49.4 Å². The third-order valence-corrected chi connectivity index (χ3v) is 6.98. The molecular formula is C23H17Cl2N3O6S. The average Bonchev–Trinajstić information content (AvgIpc) is 3.18. The van der Waals surface area contributed by atoms with Gasteiger partial charge in [-0.2, -0.15) is 0 Å². The minimum absolute atomic E-state index is 0.0184. The largest absolute Gasteiger partial charge is 0.478 e. The third-order valence-electron chi connectivity index (χ3n) is 4.95. The van der Waals surface area contributed by atoms with Gasteiger partial charge in [0.2, 0.25) is 5.88 Å². The standard InChI is InChI=1S/C23H17Cl2N3O6S/c1-13-17(22(27-34-13)21-18(24)3-2-4-19(21)25)12-33-20-10-7-15(11-26-20)28-35(31,32)16-8-5-14(6-9-16)23(29)30/h2-11,28H,12H2,1H3,(H,29,30). The normalized spacial score (nSPS) is 11.3. The van der Waals surface area contributed by atoms with Crippen LogP contribution >= 0.6 is 23.2 Å². The van der Waals surface area contributed by atoms with Crippen molar-refractivity contribution < 1.29 is 27.6 Å². The van der Waals surface area contributed by atoms with Crippen molar-refractivity contribution in [2.45, 2.75) is 18.4 Å². The molecule has 4 rings (SSSR count). The summed E-state index contributed by atoms with van der Waals surface area (Å²) < 4.78 is 38.6. The summed E-state index contributed by atoms with van der Waals surface area (Å²) in [5.74, 6) is -0.393. The summed E-state index contributed by atoms with van der Waals surface area (Å²) in [6, 6.07) is 12.9. The van der Waals surface area contributed by atoms with Gasteiger partial charge in [-0.25, -0.2) is 18.2 Å². The van der Waals surface area contributed by atoms with E-state index in [0.29, 0.717) is 32.6 Å². The fourth-order valence-corrected chi connectivity index (χ4v) is 4.76. The number of aryl methyl sites for hydroxylation is 1. The van der Waals surface area contributed by atoms with Gasteiger partial charge in [-0.3, -0.25) is 4.72 Å². The number of nitrogens with zero attached hydrogens (tertiary/aromatic N) is 2. The van der Waals surface area contributed by atoms with E-state index in [1.165, 1.54) is 42.6 Å². The molecule has 0 aliphatic carbocycles. The molecule has 12 heteroatoms. The molecule has 4 aromatic rings. The van der Waals surface area contributed by atoms with Gasteiger partial charge in [0.1, 0.15) is 18.1 Å². The molecule has 0 amide bonds. The van der Waals surface area contributed by atoms with Crippen LogP contribution in [0, 0.1) is 6.92 Å². The molecule has 35 heavy (non-hydrogen) atoms. The Morgan fingerprint density at radius 1 is 1.09 bits per heavy atom. The molecule has 2 N–H and O–H groups in total. The van der Waals surface area contributed by atoms with Gasteiger partial charge in [0.05, 0.1) is 38.0 Å². The number of pyridine rings is 1. The summed E-state index contributed by atoms with van der Waals surface area (Å²) in [6.07, 6.45) is 1.30. The Hall–Kier alpha value is -3.60. The molecule has 0 spiro atoms. The zero-order valence-electron chi connectivity index (χ0n) is 18.0. The van der Waals surface area contributed by atoms with Crippen molar-refractivity contribution >= 4 is 44.9 Å². The molecule has 0 saturated heterocycles. The minimum Gasteiger partial charge on any atom is -0.478 e. The summed E-state index contributed by atoms with van der Waals surface area (Å²) in [6.45, 7) is 1.79. The first-order valence-corrected chi connectivity index (χ1v) is 12.2. The topological polar surface area (TPSA) is 132 Å². The van der Waals surface area contributed by atoms with Crippen molar-refractivity contribution in [3.63, 3.8) is 0 Å². The number of hydrogen-bond acceptors (Lipinski definition) is 7. The van der Waals surface area contributed by atoms with E-state index in [1.807, 2.05) is 0 Å². The van der Waals surface area contributed by atoms with Crippen molar-refractivity contribution in [2.75, 3.05) is 4.72 Å². The van der Waals surface area contributed by atoms with Crippen LogP contribution in [0.15, 0.2) is 70.2 Å². The van der Waals surface area contributed by atoms with Crippen molar-refractivity contribution in [1.29, 1.82) is 0 Å². The Morgan fingerprint density at radius 3 is 2.37 bits per heavy atom. The number of sulfonamides is 1. The molecule has 180 valence electrons. The minimum atomic E-state index is -3.94. The van der Waals surface area contributed by atoms with Crippen LogP contribution < -0.4 is 9.46 Å². The molecule has 0 bridgehead atoms. The van der Waals surface area contributed by atoms with Crippen LogP contribution in [0.4, 0.5) is 5.69 Å². The Morgan fingerprint density at radius 2 is 1.77 bits per heavy atom. The van der Waals surface area contributed by atoms with Gasteiger partial charge in [0.15, 0.2) is 0 Å². The summed E-state index contributed by atoms with van der Waals surface area (Å²) in [7, 11) is -3.94. The number of anilines is 1. The average molecular weight is 534 g/mol. The number of rotatable bonds is 8. The van der Waals surface area contributed by atoms with E-state index < -0.39 is 16.0 Å². The van der Waals surface area contributed by atoms with Gasteiger partial charge in [0, 0.05) is 11.6 Å².